The molecule has 0 spiro atoms. The Morgan fingerprint density at radius 3 is 2.27 bits per heavy atom. The van der Waals surface area contributed by atoms with Crippen LogP contribution in [0.15, 0.2) is 35.9 Å². The minimum absolute atomic E-state index is 0.307. The summed E-state index contributed by atoms with van der Waals surface area (Å²) in [6, 6.07) is 7.42. The number of hydrogen-bond donors (Lipinski definition) is 0. The average Bonchev–Trinajstić information content (AvgIpc) is 2.63. The molecule has 1 fully saturated rings. The van der Waals surface area contributed by atoms with Crippen LogP contribution in [0.2, 0.25) is 0 Å². The van der Waals surface area contributed by atoms with Crippen molar-refractivity contribution < 1.29 is 19.1 Å². The van der Waals surface area contributed by atoms with Gasteiger partial charge in [-0.15, -0.1) is 11.8 Å². The first kappa shape index (κ1) is 20.0. The van der Waals surface area contributed by atoms with Gasteiger partial charge in [0.05, 0.1) is 0 Å². The molecule has 0 unspecified atom stereocenters. The summed E-state index contributed by atoms with van der Waals surface area (Å²) in [5.74, 6) is -1.13. The van der Waals surface area contributed by atoms with Gasteiger partial charge in [0.15, 0.2) is 4.87 Å². The van der Waals surface area contributed by atoms with Crippen molar-refractivity contribution in [1.29, 1.82) is 0 Å². The molecule has 1 aromatic carbocycles. The largest absolute Gasteiger partial charge is 0.490 e. The van der Waals surface area contributed by atoms with Gasteiger partial charge in [-0.05, 0) is 43.9 Å². The van der Waals surface area contributed by atoms with Crippen LogP contribution in [0.3, 0.4) is 0 Å². The smallest absolute Gasteiger partial charge is 0.318 e. The third-order valence-corrected chi connectivity index (χ3v) is 5.69. The third kappa shape index (κ3) is 3.77. The quantitative estimate of drug-likeness (QED) is 0.432. The second kappa shape index (κ2) is 7.95. The number of allylic oxidation sites excluding steroid dienone is 1. The van der Waals surface area contributed by atoms with Crippen LogP contribution in [0.25, 0.3) is 0 Å². The number of nitrogens with zero attached hydrogens (tertiary/aromatic N) is 2. The standard InChI is InChI=1S/C19H24N2O4S/c1-13(2)10-11-25-15-8-6-14(7-9-15)12-19(26-5)18(24)20(3)16(22)17(23)21(19)4/h6-10H,11-12H2,1-5H3/t19-/m0/s1. The van der Waals surface area contributed by atoms with Crippen LogP contribution >= 0.6 is 11.8 Å². The second-order valence-corrected chi connectivity index (χ2v) is 7.52. The molecule has 0 radical (unpaired) electrons. The molecule has 1 atom stereocenters. The van der Waals surface area contributed by atoms with E-state index in [0.29, 0.717) is 13.0 Å². The number of ether oxygens (including phenoxy) is 1. The van der Waals surface area contributed by atoms with E-state index in [4.69, 9.17) is 4.74 Å². The van der Waals surface area contributed by atoms with E-state index in [1.54, 1.807) is 6.26 Å². The highest BCUT2D eigenvalue weighted by Gasteiger charge is 2.53. The lowest BCUT2D eigenvalue weighted by molar-refractivity contribution is -0.166. The maximum Gasteiger partial charge on any atom is 0.318 e. The zero-order valence-electron chi connectivity index (χ0n) is 15.7. The Bertz CT molecular complexity index is 740. The van der Waals surface area contributed by atoms with Crippen molar-refractivity contribution in [3.63, 3.8) is 0 Å². The van der Waals surface area contributed by atoms with E-state index < -0.39 is 16.7 Å². The highest BCUT2D eigenvalue weighted by Crippen LogP contribution is 2.36. The zero-order chi connectivity index (χ0) is 19.5. The summed E-state index contributed by atoms with van der Waals surface area (Å²) in [7, 11) is 2.85. The minimum atomic E-state index is -1.13. The van der Waals surface area contributed by atoms with Crippen LogP contribution < -0.4 is 4.74 Å². The van der Waals surface area contributed by atoms with Crippen LogP contribution in [0, 0.1) is 0 Å². The normalized spacial score (nSPS) is 20.4. The van der Waals surface area contributed by atoms with Crippen molar-refractivity contribution in [3.05, 3.63) is 41.5 Å². The number of piperazine rings is 1. The Morgan fingerprint density at radius 2 is 1.73 bits per heavy atom. The molecule has 6 nitrogen and oxygen atoms in total. The molecule has 140 valence electrons. The predicted molar refractivity (Wildman–Crippen MR) is 102 cm³/mol. The van der Waals surface area contributed by atoms with Crippen molar-refractivity contribution in [2.24, 2.45) is 0 Å². The van der Waals surface area contributed by atoms with Gasteiger partial charge in [-0.1, -0.05) is 17.7 Å². The Morgan fingerprint density at radius 1 is 1.12 bits per heavy atom. The lowest BCUT2D eigenvalue weighted by Crippen LogP contribution is -2.67. The maximum absolute atomic E-state index is 12.8. The highest BCUT2D eigenvalue weighted by atomic mass is 32.2. The van der Waals surface area contributed by atoms with E-state index in [-0.39, 0.29) is 5.91 Å². The number of benzene rings is 1. The Balaban J connectivity index is 2.21. The van der Waals surface area contributed by atoms with E-state index in [1.165, 1.54) is 36.3 Å². The molecular formula is C19H24N2O4S. The van der Waals surface area contributed by atoms with Gasteiger partial charge in [-0.2, -0.15) is 0 Å². The number of thioether (sulfide) groups is 1. The first-order chi connectivity index (χ1) is 12.2. The summed E-state index contributed by atoms with van der Waals surface area (Å²) in [4.78, 5) is 37.9. The van der Waals surface area contributed by atoms with Crippen molar-refractivity contribution >= 4 is 29.5 Å². The molecule has 0 aliphatic carbocycles. The number of likely N-dealkylation sites (N-methyl/N-ethyl adjacent to an activating group) is 2. The van der Waals surface area contributed by atoms with E-state index in [9.17, 15) is 14.4 Å². The second-order valence-electron chi connectivity index (χ2n) is 6.44. The summed E-state index contributed by atoms with van der Waals surface area (Å²) < 4.78 is 5.64. The molecule has 0 saturated carbocycles. The number of carbonyl (C=O) groups is 3. The van der Waals surface area contributed by atoms with Crippen LogP contribution in [0.4, 0.5) is 0 Å². The van der Waals surface area contributed by atoms with Crippen LogP contribution in [0.5, 0.6) is 5.75 Å². The fourth-order valence-electron chi connectivity index (χ4n) is 2.72. The van der Waals surface area contributed by atoms with Gasteiger partial charge >= 0.3 is 11.8 Å². The predicted octanol–water partition coefficient (Wildman–Crippen LogP) is 2.09. The molecule has 0 bridgehead atoms. The Kier molecular flexibility index (Phi) is 6.13. The van der Waals surface area contributed by atoms with Gasteiger partial charge in [-0.25, -0.2) is 0 Å². The molecule has 7 heteroatoms. The fourth-order valence-corrected chi connectivity index (χ4v) is 3.70. The number of imide groups is 1. The van der Waals surface area contributed by atoms with Crippen LogP contribution in [0.1, 0.15) is 19.4 Å². The van der Waals surface area contributed by atoms with Gasteiger partial charge in [0, 0.05) is 20.5 Å². The lowest BCUT2D eigenvalue weighted by Gasteiger charge is -2.44. The summed E-state index contributed by atoms with van der Waals surface area (Å²) in [6.45, 7) is 4.52. The summed E-state index contributed by atoms with van der Waals surface area (Å²) in [5, 5.41) is 0. The van der Waals surface area contributed by atoms with Crippen molar-refractivity contribution in [2.45, 2.75) is 25.1 Å². The first-order valence-electron chi connectivity index (χ1n) is 8.23. The van der Waals surface area contributed by atoms with Crippen LogP contribution in [-0.2, 0) is 20.8 Å². The molecule has 26 heavy (non-hydrogen) atoms. The van der Waals surface area contributed by atoms with Gasteiger partial charge in [0.2, 0.25) is 0 Å². The van der Waals surface area contributed by atoms with Gasteiger partial charge in [-0.3, -0.25) is 19.3 Å². The topological polar surface area (TPSA) is 66.9 Å². The van der Waals surface area contributed by atoms with E-state index in [0.717, 1.165) is 16.2 Å². The Hall–Kier alpha value is -2.28. The van der Waals surface area contributed by atoms with Gasteiger partial charge < -0.3 is 9.64 Å². The van der Waals surface area contributed by atoms with Crippen LogP contribution in [-0.4, -0.2) is 59.4 Å². The molecule has 0 aromatic heterocycles. The van der Waals surface area contributed by atoms with E-state index >= 15 is 0 Å². The minimum Gasteiger partial charge on any atom is -0.490 e. The zero-order valence-corrected chi connectivity index (χ0v) is 16.6. The molecule has 1 aromatic rings. The molecule has 3 amide bonds. The van der Waals surface area contributed by atoms with Gasteiger partial charge in [0.1, 0.15) is 12.4 Å². The number of hydrogen-bond acceptors (Lipinski definition) is 5. The van der Waals surface area contributed by atoms with Crippen molar-refractivity contribution in [1.82, 2.24) is 9.80 Å². The molecule has 2 rings (SSSR count). The Labute approximate surface area is 158 Å². The molecule has 1 aliphatic heterocycles. The third-order valence-electron chi connectivity index (χ3n) is 4.42. The summed E-state index contributed by atoms with van der Waals surface area (Å²) >= 11 is 1.26. The number of amides is 3. The lowest BCUT2D eigenvalue weighted by atomic mass is 10.0. The molecule has 1 heterocycles. The highest BCUT2D eigenvalue weighted by molar-refractivity contribution is 8.00. The molecular weight excluding hydrogens is 352 g/mol. The fraction of sp³-hybridized carbons (Fsp3) is 0.421. The average molecular weight is 376 g/mol. The molecule has 0 N–H and O–H groups in total. The van der Waals surface area contributed by atoms with Crippen molar-refractivity contribution in [3.8, 4) is 5.75 Å². The monoisotopic (exact) mass is 376 g/mol. The maximum atomic E-state index is 12.8. The van der Waals surface area contributed by atoms with Gasteiger partial charge in [0.25, 0.3) is 5.91 Å². The number of carbonyl (C=O) groups excluding carboxylic acids is 3. The molecule has 1 aliphatic rings. The SMILES string of the molecule is CS[C@@]1(Cc2ccc(OCC=C(C)C)cc2)C(=O)N(C)C(=O)C(=O)N1C. The van der Waals surface area contributed by atoms with E-state index in [2.05, 4.69) is 0 Å². The van der Waals surface area contributed by atoms with Crippen molar-refractivity contribution in [2.75, 3.05) is 27.0 Å². The summed E-state index contributed by atoms with van der Waals surface area (Å²) in [6.07, 6.45) is 4.06. The number of rotatable bonds is 6. The summed E-state index contributed by atoms with van der Waals surface area (Å²) in [5.41, 5.74) is 2.07. The molecule has 1 saturated heterocycles. The van der Waals surface area contributed by atoms with E-state index in [1.807, 2.05) is 44.2 Å². The first-order valence-corrected chi connectivity index (χ1v) is 9.46.